The van der Waals surface area contributed by atoms with Crippen LogP contribution in [0.1, 0.15) is 25.7 Å². The molecule has 0 aromatic rings. The molecule has 0 aliphatic carbocycles. The summed E-state index contributed by atoms with van der Waals surface area (Å²) in [6.07, 6.45) is 1.25. The zero-order valence-corrected chi connectivity index (χ0v) is 7.32. The summed E-state index contributed by atoms with van der Waals surface area (Å²) in [5.41, 5.74) is 0. The molecular weight excluding hydrogens is 160 g/mol. The Bertz CT molecular complexity index is 124. The Morgan fingerprint density at radius 1 is 1.50 bits per heavy atom. The van der Waals surface area contributed by atoms with E-state index < -0.39 is 6.10 Å². The third-order valence-electron chi connectivity index (χ3n) is 1.60. The maximum absolute atomic E-state index is 10.6. The molecule has 1 unspecified atom stereocenters. The number of hydrogen-bond donors (Lipinski definition) is 2. The summed E-state index contributed by atoms with van der Waals surface area (Å²) in [4.78, 5) is 10.6. The summed E-state index contributed by atoms with van der Waals surface area (Å²) in [5.74, 6) is -0.307. The third-order valence-corrected chi connectivity index (χ3v) is 1.60. The van der Waals surface area contributed by atoms with E-state index in [1.807, 2.05) is 0 Å². The summed E-state index contributed by atoms with van der Waals surface area (Å²) >= 11 is 0. The van der Waals surface area contributed by atoms with Gasteiger partial charge >= 0.3 is 5.97 Å². The van der Waals surface area contributed by atoms with Crippen LogP contribution in [0, 0.1) is 0 Å². The fourth-order valence-electron chi connectivity index (χ4n) is 0.858. The van der Waals surface area contributed by atoms with E-state index in [-0.39, 0.29) is 19.0 Å². The zero-order valence-electron chi connectivity index (χ0n) is 7.32. The van der Waals surface area contributed by atoms with Gasteiger partial charge in [0.05, 0.1) is 13.2 Å². The van der Waals surface area contributed by atoms with Crippen LogP contribution in [0.15, 0.2) is 0 Å². The number of methoxy groups -OCH3 is 1. The molecule has 0 saturated heterocycles. The monoisotopic (exact) mass is 176 g/mol. The first kappa shape index (κ1) is 11.4. The van der Waals surface area contributed by atoms with Gasteiger partial charge < -0.3 is 14.9 Å². The second-order valence-electron chi connectivity index (χ2n) is 2.63. The van der Waals surface area contributed by atoms with Gasteiger partial charge in [0.1, 0.15) is 0 Å². The Labute approximate surface area is 72.2 Å². The molecule has 2 N–H and O–H groups in total. The van der Waals surface area contributed by atoms with Crippen molar-refractivity contribution in [3.8, 4) is 0 Å². The Morgan fingerprint density at radius 3 is 2.67 bits per heavy atom. The highest BCUT2D eigenvalue weighted by molar-refractivity contribution is 5.69. The first-order chi connectivity index (χ1) is 5.70. The van der Waals surface area contributed by atoms with Crippen molar-refractivity contribution in [2.24, 2.45) is 0 Å². The molecule has 0 bridgehead atoms. The minimum atomic E-state index is -0.503. The fourth-order valence-corrected chi connectivity index (χ4v) is 0.858. The average molecular weight is 176 g/mol. The van der Waals surface area contributed by atoms with E-state index in [4.69, 9.17) is 5.11 Å². The molecule has 0 spiro atoms. The standard InChI is InChI=1S/C8H16O4/c1-12-8(11)5-4-7(10)3-2-6-9/h7,9-10H,2-6H2,1H3. The van der Waals surface area contributed by atoms with Crippen LogP contribution in [-0.4, -0.2) is 36.0 Å². The summed E-state index contributed by atoms with van der Waals surface area (Å²) in [6.45, 7) is 0.0787. The Morgan fingerprint density at radius 2 is 2.17 bits per heavy atom. The van der Waals surface area contributed by atoms with Crippen LogP contribution in [0.3, 0.4) is 0 Å². The molecule has 0 radical (unpaired) electrons. The lowest BCUT2D eigenvalue weighted by molar-refractivity contribution is -0.141. The summed E-state index contributed by atoms with van der Waals surface area (Å²) in [7, 11) is 1.32. The van der Waals surface area contributed by atoms with Crippen molar-refractivity contribution >= 4 is 5.97 Å². The van der Waals surface area contributed by atoms with Gasteiger partial charge in [-0.25, -0.2) is 0 Å². The van der Waals surface area contributed by atoms with Crippen LogP contribution in [-0.2, 0) is 9.53 Å². The van der Waals surface area contributed by atoms with Crippen molar-refractivity contribution in [2.75, 3.05) is 13.7 Å². The number of aliphatic hydroxyl groups excluding tert-OH is 2. The molecule has 0 aliphatic heterocycles. The van der Waals surface area contributed by atoms with Gasteiger partial charge in [-0.15, -0.1) is 0 Å². The molecule has 0 rings (SSSR count). The fraction of sp³-hybridized carbons (Fsp3) is 0.875. The van der Waals surface area contributed by atoms with Crippen LogP contribution in [0.2, 0.25) is 0 Å². The average Bonchev–Trinajstić information content (AvgIpc) is 2.10. The third kappa shape index (κ3) is 6.12. The number of aliphatic hydroxyl groups is 2. The lowest BCUT2D eigenvalue weighted by Gasteiger charge is -2.07. The maximum Gasteiger partial charge on any atom is 0.305 e. The van der Waals surface area contributed by atoms with Crippen molar-refractivity contribution in [3.05, 3.63) is 0 Å². The van der Waals surface area contributed by atoms with Crippen LogP contribution in [0.4, 0.5) is 0 Å². The second kappa shape index (κ2) is 7.06. The molecule has 0 aromatic carbocycles. The van der Waals surface area contributed by atoms with E-state index >= 15 is 0 Å². The molecule has 4 heteroatoms. The van der Waals surface area contributed by atoms with E-state index in [9.17, 15) is 9.90 Å². The van der Waals surface area contributed by atoms with Gasteiger partial charge in [0.15, 0.2) is 0 Å². The normalized spacial score (nSPS) is 12.6. The number of carbonyl (C=O) groups excluding carboxylic acids is 1. The van der Waals surface area contributed by atoms with Gasteiger partial charge in [0.2, 0.25) is 0 Å². The molecule has 72 valence electrons. The first-order valence-corrected chi connectivity index (χ1v) is 4.06. The largest absolute Gasteiger partial charge is 0.469 e. The van der Waals surface area contributed by atoms with Crippen molar-refractivity contribution < 1.29 is 19.7 Å². The molecule has 1 atom stereocenters. The molecular formula is C8H16O4. The predicted molar refractivity (Wildman–Crippen MR) is 43.6 cm³/mol. The zero-order chi connectivity index (χ0) is 9.40. The number of ether oxygens (including phenoxy) is 1. The van der Waals surface area contributed by atoms with Crippen molar-refractivity contribution in [3.63, 3.8) is 0 Å². The molecule has 0 heterocycles. The minimum absolute atomic E-state index is 0.0787. The lowest BCUT2D eigenvalue weighted by Crippen LogP contribution is -2.11. The van der Waals surface area contributed by atoms with E-state index in [2.05, 4.69) is 4.74 Å². The molecule has 0 aliphatic rings. The highest BCUT2D eigenvalue weighted by atomic mass is 16.5. The smallest absolute Gasteiger partial charge is 0.305 e. The number of hydrogen-bond acceptors (Lipinski definition) is 4. The summed E-state index contributed by atoms with van der Waals surface area (Å²) in [5, 5.41) is 17.6. The van der Waals surface area contributed by atoms with E-state index in [0.29, 0.717) is 19.3 Å². The van der Waals surface area contributed by atoms with Gasteiger partial charge in [-0.1, -0.05) is 0 Å². The second-order valence-corrected chi connectivity index (χ2v) is 2.63. The van der Waals surface area contributed by atoms with Gasteiger partial charge in [-0.05, 0) is 19.3 Å². The van der Waals surface area contributed by atoms with Gasteiger partial charge in [-0.2, -0.15) is 0 Å². The quantitative estimate of drug-likeness (QED) is 0.562. The molecule has 0 amide bonds. The van der Waals surface area contributed by atoms with E-state index in [0.717, 1.165) is 0 Å². The molecule has 0 saturated carbocycles. The Balaban J connectivity index is 3.30. The van der Waals surface area contributed by atoms with Gasteiger partial charge in [0.25, 0.3) is 0 Å². The molecule has 4 nitrogen and oxygen atoms in total. The van der Waals surface area contributed by atoms with Crippen molar-refractivity contribution in [2.45, 2.75) is 31.8 Å². The minimum Gasteiger partial charge on any atom is -0.469 e. The molecule has 0 aromatic heterocycles. The SMILES string of the molecule is COC(=O)CCC(O)CCCO. The summed E-state index contributed by atoms with van der Waals surface area (Å²) < 4.78 is 4.41. The topological polar surface area (TPSA) is 66.8 Å². The Hall–Kier alpha value is -0.610. The predicted octanol–water partition coefficient (Wildman–Crippen LogP) is 0.0730. The maximum atomic E-state index is 10.6. The van der Waals surface area contributed by atoms with E-state index in [1.165, 1.54) is 7.11 Å². The highest BCUT2D eigenvalue weighted by Crippen LogP contribution is 2.04. The van der Waals surface area contributed by atoms with Crippen LogP contribution >= 0.6 is 0 Å². The van der Waals surface area contributed by atoms with E-state index in [1.54, 1.807) is 0 Å². The molecule has 12 heavy (non-hydrogen) atoms. The van der Waals surface area contributed by atoms with Crippen molar-refractivity contribution in [1.29, 1.82) is 0 Å². The van der Waals surface area contributed by atoms with Gasteiger partial charge in [0, 0.05) is 13.0 Å². The number of carbonyl (C=O) groups is 1. The highest BCUT2D eigenvalue weighted by Gasteiger charge is 2.07. The number of esters is 1. The van der Waals surface area contributed by atoms with Crippen LogP contribution < -0.4 is 0 Å². The van der Waals surface area contributed by atoms with Gasteiger partial charge in [-0.3, -0.25) is 4.79 Å². The number of rotatable bonds is 6. The molecule has 0 fully saturated rings. The van der Waals surface area contributed by atoms with Crippen LogP contribution in [0.25, 0.3) is 0 Å². The first-order valence-electron chi connectivity index (χ1n) is 4.06. The van der Waals surface area contributed by atoms with Crippen LogP contribution in [0.5, 0.6) is 0 Å². The lowest BCUT2D eigenvalue weighted by atomic mass is 10.1. The summed E-state index contributed by atoms with van der Waals surface area (Å²) in [6, 6.07) is 0. The Kier molecular flexibility index (Phi) is 6.70. The van der Waals surface area contributed by atoms with Crippen molar-refractivity contribution in [1.82, 2.24) is 0 Å².